The van der Waals surface area contributed by atoms with E-state index in [0.717, 1.165) is 5.69 Å². The monoisotopic (exact) mass is 233 g/mol. The zero-order valence-corrected chi connectivity index (χ0v) is 10.2. The number of thiophene rings is 1. The van der Waals surface area contributed by atoms with Crippen molar-refractivity contribution < 1.29 is 5.11 Å². The van der Waals surface area contributed by atoms with Crippen LogP contribution in [-0.4, -0.2) is 5.11 Å². The molecule has 3 heteroatoms. The molecule has 1 atom stereocenters. The zero-order valence-electron chi connectivity index (χ0n) is 9.40. The molecular formula is C13H15NOS. The molecule has 0 aliphatic rings. The fourth-order valence-corrected chi connectivity index (χ4v) is 2.44. The van der Waals surface area contributed by atoms with Gasteiger partial charge in [-0.1, -0.05) is 0 Å². The minimum Gasteiger partial charge on any atom is -0.508 e. The Morgan fingerprint density at radius 3 is 2.38 bits per heavy atom. The Morgan fingerprint density at radius 1 is 1.12 bits per heavy atom. The van der Waals surface area contributed by atoms with Crippen molar-refractivity contribution in [1.29, 1.82) is 0 Å². The quantitative estimate of drug-likeness (QED) is 0.787. The van der Waals surface area contributed by atoms with Gasteiger partial charge in [0, 0.05) is 15.4 Å². The average Bonchev–Trinajstić information content (AvgIpc) is 2.68. The largest absolute Gasteiger partial charge is 0.508 e. The number of phenolic OH excluding ortho intramolecular Hbond substituents is 1. The molecule has 84 valence electrons. The molecule has 16 heavy (non-hydrogen) atoms. The molecule has 1 aromatic heterocycles. The summed E-state index contributed by atoms with van der Waals surface area (Å²) in [6.45, 7) is 4.25. The summed E-state index contributed by atoms with van der Waals surface area (Å²) in [7, 11) is 0. The van der Waals surface area contributed by atoms with Gasteiger partial charge in [-0.15, -0.1) is 11.3 Å². The van der Waals surface area contributed by atoms with Crippen molar-refractivity contribution in [3.8, 4) is 5.75 Å². The second-order valence-electron chi connectivity index (χ2n) is 3.86. The lowest BCUT2D eigenvalue weighted by Gasteiger charge is -2.13. The highest BCUT2D eigenvalue weighted by atomic mass is 32.1. The van der Waals surface area contributed by atoms with E-state index in [1.54, 1.807) is 23.5 Å². The van der Waals surface area contributed by atoms with Crippen LogP contribution in [0.15, 0.2) is 36.4 Å². The molecule has 0 amide bonds. The van der Waals surface area contributed by atoms with Gasteiger partial charge in [-0.2, -0.15) is 0 Å². The van der Waals surface area contributed by atoms with Crippen molar-refractivity contribution in [2.24, 2.45) is 0 Å². The third-order valence-corrected chi connectivity index (χ3v) is 3.62. The van der Waals surface area contributed by atoms with Crippen LogP contribution in [0.25, 0.3) is 0 Å². The second kappa shape index (κ2) is 4.58. The standard InChI is InChI=1S/C13H15NOS/c1-9-3-8-13(16-9)10(2)14-11-4-6-12(15)7-5-11/h3-8,10,14-15H,1-2H3. The van der Waals surface area contributed by atoms with Crippen molar-refractivity contribution in [3.05, 3.63) is 46.2 Å². The predicted molar refractivity (Wildman–Crippen MR) is 69.2 cm³/mol. The van der Waals surface area contributed by atoms with E-state index in [1.807, 2.05) is 12.1 Å². The highest BCUT2D eigenvalue weighted by Gasteiger charge is 2.07. The van der Waals surface area contributed by atoms with Gasteiger partial charge < -0.3 is 10.4 Å². The maximum absolute atomic E-state index is 9.19. The summed E-state index contributed by atoms with van der Waals surface area (Å²) in [5, 5.41) is 12.6. The van der Waals surface area contributed by atoms with Gasteiger partial charge in [-0.3, -0.25) is 0 Å². The van der Waals surface area contributed by atoms with Crippen LogP contribution in [0.2, 0.25) is 0 Å². The third kappa shape index (κ3) is 2.55. The van der Waals surface area contributed by atoms with Crippen LogP contribution in [-0.2, 0) is 0 Å². The summed E-state index contributed by atoms with van der Waals surface area (Å²) < 4.78 is 0. The van der Waals surface area contributed by atoms with E-state index in [2.05, 4.69) is 31.3 Å². The van der Waals surface area contributed by atoms with Gasteiger partial charge in [0.15, 0.2) is 0 Å². The van der Waals surface area contributed by atoms with Gasteiger partial charge in [-0.05, 0) is 50.2 Å². The molecular weight excluding hydrogens is 218 g/mol. The maximum Gasteiger partial charge on any atom is 0.115 e. The number of aryl methyl sites for hydroxylation is 1. The lowest BCUT2D eigenvalue weighted by atomic mass is 10.2. The van der Waals surface area contributed by atoms with Crippen molar-refractivity contribution in [1.82, 2.24) is 0 Å². The summed E-state index contributed by atoms with van der Waals surface area (Å²) >= 11 is 1.81. The van der Waals surface area contributed by atoms with E-state index in [1.165, 1.54) is 9.75 Å². The second-order valence-corrected chi connectivity index (χ2v) is 5.18. The van der Waals surface area contributed by atoms with Gasteiger partial charge in [-0.25, -0.2) is 0 Å². The Hall–Kier alpha value is -1.48. The highest BCUT2D eigenvalue weighted by Crippen LogP contribution is 2.26. The topological polar surface area (TPSA) is 32.3 Å². The summed E-state index contributed by atoms with van der Waals surface area (Å²) in [4.78, 5) is 2.65. The molecule has 2 nitrogen and oxygen atoms in total. The van der Waals surface area contributed by atoms with E-state index in [9.17, 15) is 5.11 Å². The lowest BCUT2D eigenvalue weighted by Crippen LogP contribution is -2.04. The minimum atomic E-state index is 0.295. The number of nitrogens with one attached hydrogen (secondary N) is 1. The molecule has 0 radical (unpaired) electrons. The van der Waals surface area contributed by atoms with Crippen molar-refractivity contribution in [2.45, 2.75) is 19.9 Å². The molecule has 2 rings (SSSR count). The molecule has 2 N–H and O–H groups in total. The number of phenols is 1. The van der Waals surface area contributed by atoms with Gasteiger partial charge in [0.2, 0.25) is 0 Å². The first-order valence-corrected chi connectivity index (χ1v) is 6.09. The van der Waals surface area contributed by atoms with Gasteiger partial charge >= 0.3 is 0 Å². The smallest absolute Gasteiger partial charge is 0.115 e. The number of rotatable bonds is 3. The van der Waals surface area contributed by atoms with Gasteiger partial charge in [0.05, 0.1) is 6.04 Å². The predicted octanol–water partition coefficient (Wildman–Crippen LogP) is 3.94. The van der Waals surface area contributed by atoms with Crippen molar-refractivity contribution >= 4 is 17.0 Å². The fourth-order valence-electron chi connectivity index (χ4n) is 1.56. The van der Waals surface area contributed by atoms with Crippen molar-refractivity contribution in [3.63, 3.8) is 0 Å². The van der Waals surface area contributed by atoms with Crippen molar-refractivity contribution in [2.75, 3.05) is 5.32 Å². The Bertz CT molecular complexity index is 461. The average molecular weight is 233 g/mol. The van der Waals surface area contributed by atoms with Crippen LogP contribution in [0.5, 0.6) is 5.75 Å². The van der Waals surface area contributed by atoms with Gasteiger partial charge in [0.25, 0.3) is 0 Å². The number of hydrogen-bond donors (Lipinski definition) is 2. The molecule has 0 aliphatic heterocycles. The normalized spacial score (nSPS) is 12.4. The Kier molecular flexibility index (Phi) is 3.15. The van der Waals surface area contributed by atoms with E-state index in [-0.39, 0.29) is 0 Å². The summed E-state index contributed by atoms with van der Waals surface area (Å²) in [5.74, 6) is 0.296. The first kappa shape index (κ1) is 11.0. The number of aromatic hydroxyl groups is 1. The van der Waals surface area contributed by atoms with E-state index >= 15 is 0 Å². The lowest BCUT2D eigenvalue weighted by molar-refractivity contribution is 0.475. The highest BCUT2D eigenvalue weighted by molar-refractivity contribution is 7.12. The Labute approximate surface area is 99.6 Å². The molecule has 0 spiro atoms. The number of hydrogen-bond acceptors (Lipinski definition) is 3. The van der Waals surface area contributed by atoms with E-state index in [4.69, 9.17) is 0 Å². The molecule has 1 aromatic carbocycles. The van der Waals surface area contributed by atoms with Crippen LogP contribution in [0.1, 0.15) is 22.7 Å². The minimum absolute atomic E-state index is 0.295. The Morgan fingerprint density at radius 2 is 1.81 bits per heavy atom. The molecule has 0 saturated heterocycles. The molecule has 0 fully saturated rings. The maximum atomic E-state index is 9.19. The first-order chi connectivity index (χ1) is 7.65. The van der Waals surface area contributed by atoms with Crippen LogP contribution < -0.4 is 5.32 Å². The van der Waals surface area contributed by atoms with Crippen LogP contribution in [0.3, 0.4) is 0 Å². The van der Waals surface area contributed by atoms with Gasteiger partial charge in [0.1, 0.15) is 5.75 Å². The fraction of sp³-hybridized carbons (Fsp3) is 0.231. The molecule has 0 saturated carbocycles. The van der Waals surface area contributed by atoms with Crippen LogP contribution in [0.4, 0.5) is 5.69 Å². The molecule has 2 aromatic rings. The SMILES string of the molecule is Cc1ccc(C(C)Nc2ccc(O)cc2)s1. The van der Waals surface area contributed by atoms with Crippen LogP contribution >= 0.6 is 11.3 Å². The van der Waals surface area contributed by atoms with E-state index < -0.39 is 0 Å². The molecule has 0 aliphatic carbocycles. The summed E-state index contributed by atoms with van der Waals surface area (Å²) in [6.07, 6.45) is 0. The number of benzene rings is 1. The van der Waals surface area contributed by atoms with Crippen LogP contribution in [0, 0.1) is 6.92 Å². The molecule has 1 heterocycles. The Balaban J connectivity index is 2.07. The zero-order chi connectivity index (χ0) is 11.5. The van der Waals surface area contributed by atoms with E-state index in [0.29, 0.717) is 11.8 Å². The first-order valence-electron chi connectivity index (χ1n) is 5.27. The molecule has 0 bridgehead atoms. The summed E-state index contributed by atoms with van der Waals surface area (Å²) in [5.41, 5.74) is 1.02. The number of anilines is 1. The summed E-state index contributed by atoms with van der Waals surface area (Å²) in [6, 6.07) is 11.7. The molecule has 1 unspecified atom stereocenters. The third-order valence-electron chi connectivity index (χ3n) is 2.44.